The molecule has 0 saturated heterocycles. The summed E-state index contributed by atoms with van der Waals surface area (Å²) in [4.78, 5) is 18.0. The van der Waals surface area contributed by atoms with Crippen molar-refractivity contribution in [2.75, 3.05) is 13.2 Å². The summed E-state index contributed by atoms with van der Waals surface area (Å²) < 4.78 is 0. The number of oxime groups is 1. The third-order valence-electron chi connectivity index (χ3n) is 8.97. The molecule has 0 aromatic heterocycles. The Morgan fingerprint density at radius 2 is 2.00 bits per heavy atom. The van der Waals surface area contributed by atoms with Gasteiger partial charge in [0.15, 0.2) is 0 Å². The zero-order chi connectivity index (χ0) is 18.5. The van der Waals surface area contributed by atoms with Crippen molar-refractivity contribution in [3.63, 3.8) is 0 Å². The molecule has 4 nitrogen and oxygen atoms in total. The molecule has 4 rings (SSSR count). The summed E-state index contributed by atoms with van der Waals surface area (Å²) in [5, 5.41) is 4.39. The van der Waals surface area contributed by atoms with Gasteiger partial charge in [0.1, 0.15) is 12.4 Å². The van der Waals surface area contributed by atoms with Crippen molar-refractivity contribution in [3.05, 3.63) is 0 Å². The molecule has 4 aliphatic rings. The van der Waals surface area contributed by atoms with Gasteiger partial charge in [-0.3, -0.25) is 4.79 Å². The van der Waals surface area contributed by atoms with Crippen molar-refractivity contribution in [1.29, 1.82) is 0 Å². The van der Waals surface area contributed by atoms with Crippen LogP contribution in [0.3, 0.4) is 0 Å². The van der Waals surface area contributed by atoms with E-state index in [0.29, 0.717) is 36.2 Å². The fourth-order valence-corrected chi connectivity index (χ4v) is 7.49. The van der Waals surface area contributed by atoms with Crippen LogP contribution in [0.2, 0.25) is 0 Å². The number of hydrogen-bond donors (Lipinski definition) is 1. The molecule has 0 aromatic carbocycles. The fraction of sp³-hybridized carbons (Fsp3) is 0.909. The van der Waals surface area contributed by atoms with Gasteiger partial charge >= 0.3 is 0 Å². The lowest BCUT2D eigenvalue weighted by atomic mass is 9.43. The van der Waals surface area contributed by atoms with Crippen LogP contribution in [0.4, 0.5) is 0 Å². The average molecular weight is 361 g/mol. The lowest BCUT2D eigenvalue weighted by Crippen LogP contribution is -2.56. The van der Waals surface area contributed by atoms with Crippen LogP contribution < -0.4 is 5.73 Å². The zero-order valence-electron chi connectivity index (χ0n) is 16.8. The smallest absolute Gasteiger partial charge is 0.139 e. The minimum atomic E-state index is -0.0179. The third kappa shape index (κ3) is 2.66. The molecule has 4 aliphatic carbocycles. The standard InChI is InChI=1S/C22H36N2O2/c1-14-12-15-13-16(24-26-11-10-23)6-8-21(15,2)18-7-9-22(3)17(20(14)18)4-5-19(22)25/h14-15,17-18,20H,4-13,23H2,1-3H3/t14?,15?,17-,18+,20-,21-,22-/m0/s1. The molecule has 2 unspecified atom stereocenters. The van der Waals surface area contributed by atoms with Crippen molar-refractivity contribution >= 4 is 11.5 Å². The predicted molar refractivity (Wildman–Crippen MR) is 104 cm³/mol. The molecule has 4 fully saturated rings. The van der Waals surface area contributed by atoms with E-state index in [0.717, 1.165) is 49.9 Å². The molecule has 0 radical (unpaired) electrons. The molecule has 0 heterocycles. The van der Waals surface area contributed by atoms with E-state index in [9.17, 15) is 4.79 Å². The first-order valence-corrected chi connectivity index (χ1v) is 10.8. The SMILES string of the molecule is CC1CC2CC(=NOCCN)CC[C@]2(C)[C@@H]2CC[C@]3(C)C(=O)CC[C@H]3[C@H]12. The van der Waals surface area contributed by atoms with E-state index in [4.69, 9.17) is 10.6 Å². The summed E-state index contributed by atoms with van der Waals surface area (Å²) in [7, 11) is 0. The van der Waals surface area contributed by atoms with Gasteiger partial charge in [0.25, 0.3) is 0 Å². The molecule has 0 aliphatic heterocycles. The highest BCUT2D eigenvalue weighted by Gasteiger charge is 2.61. The minimum Gasteiger partial charge on any atom is -0.395 e. The Morgan fingerprint density at radius 1 is 1.19 bits per heavy atom. The number of rotatable bonds is 3. The van der Waals surface area contributed by atoms with Crippen LogP contribution >= 0.6 is 0 Å². The molecule has 0 spiro atoms. The Bertz CT molecular complexity index is 603. The zero-order valence-corrected chi connectivity index (χ0v) is 16.8. The summed E-state index contributed by atoms with van der Waals surface area (Å²) in [6.45, 7) is 8.34. The lowest BCUT2D eigenvalue weighted by Gasteiger charge is -2.61. The maximum absolute atomic E-state index is 12.6. The Hall–Kier alpha value is -0.900. The van der Waals surface area contributed by atoms with Gasteiger partial charge in [-0.05, 0) is 80.0 Å². The molecule has 146 valence electrons. The normalized spacial score (nSPS) is 49.5. The Morgan fingerprint density at radius 3 is 2.77 bits per heavy atom. The number of ketones is 1. The van der Waals surface area contributed by atoms with Crippen LogP contribution in [-0.4, -0.2) is 24.6 Å². The van der Waals surface area contributed by atoms with Gasteiger partial charge in [-0.15, -0.1) is 0 Å². The van der Waals surface area contributed by atoms with E-state index >= 15 is 0 Å². The molecular formula is C22H36N2O2. The number of fused-ring (bicyclic) bond motifs is 5. The van der Waals surface area contributed by atoms with E-state index in [-0.39, 0.29) is 5.41 Å². The van der Waals surface area contributed by atoms with Crippen molar-refractivity contribution in [3.8, 4) is 0 Å². The number of nitrogens with two attached hydrogens (primary N) is 1. The van der Waals surface area contributed by atoms with Crippen LogP contribution in [0.1, 0.15) is 72.1 Å². The van der Waals surface area contributed by atoms with Crippen LogP contribution in [0.5, 0.6) is 0 Å². The second-order valence-electron chi connectivity index (χ2n) is 10.1. The van der Waals surface area contributed by atoms with Gasteiger partial charge in [-0.2, -0.15) is 0 Å². The van der Waals surface area contributed by atoms with E-state index < -0.39 is 0 Å². The molecule has 7 atom stereocenters. The van der Waals surface area contributed by atoms with Gasteiger partial charge in [-0.1, -0.05) is 25.9 Å². The van der Waals surface area contributed by atoms with E-state index in [1.54, 1.807) is 0 Å². The van der Waals surface area contributed by atoms with E-state index in [2.05, 4.69) is 25.9 Å². The second-order valence-corrected chi connectivity index (χ2v) is 10.1. The maximum atomic E-state index is 12.6. The number of hydrogen-bond acceptors (Lipinski definition) is 4. The van der Waals surface area contributed by atoms with Crippen molar-refractivity contribution in [2.45, 2.75) is 72.1 Å². The van der Waals surface area contributed by atoms with Gasteiger partial charge in [-0.25, -0.2) is 0 Å². The molecule has 0 bridgehead atoms. The van der Waals surface area contributed by atoms with Crippen LogP contribution in [-0.2, 0) is 9.63 Å². The molecule has 4 heteroatoms. The topological polar surface area (TPSA) is 64.7 Å². The van der Waals surface area contributed by atoms with Gasteiger partial charge in [0, 0.05) is 18.4 Å². The minimum absolute atomic E-state index is 0.0179. The predicted octanol–water partition coefficient (Wildman–Crippen LogP) is 4.18. The molecule has 2 N–H and O–H groups in total. The summed E-state index contributed by atoms with van der Waals surface area (Å²) in [6, 6.07) is 0. The van der Waals surface area contributed by atoms with E-state index in [1.807, 2.05) is 0 Å². The fourth-order valence-electron chi connectivity index (χ4n) is 7.49. The van der Waals surface area contributed by atoms with Crippen molar-refractivity contribution in [2.24, 2.45) is 51.3 Å². The first-order chi connectivity index (χ1) is 12.4. The summed E-state index contributed by atoms with van der Waals surface area (Å²) in [5.41, 5.74) is 7.14. The van der Waals surface area contributed by atoms with Crippen molar-refractivity contribution in [1.82, 2.24) is 0 Å². The second kappa shape index (κ2) is 6.61. The monoisotopic (exact) mass is 360 g/mol. The Labute approximate surface area is 158 Å². The number of nitrogens with zero attached hydrogens (tertiary/aromatic N) is 1. The highest BCUT2D eigenvalue weighted by molar-refractivity contribution is 5.87. The Kier molecular flexibility index (Phi) is 4.70. The highest BCUT2D eigenvalue weighted by Crippen LogP contribution is 2.66. The summed E-state index contributed by atoms with van der Waals surface area (Å²) in [5.74, 6) is 4.15. The van der Waals surface area contributed by atoms with Gasteiger partial charge < -0.3 is 10.6 Å². The van der Waals surface area contributed by atoms with Crippen molar-refractivity contribution < 1.29 is 9.63 Å². The first-order valence-electron chi connectivity index (χ1n) is 10.8. The highest BCUT2D eigenvalue weighted by atomic mass is 16.6. The van der Waals surface area contributed by atoms with Crippen LogP contribution in [0.25, 0.3) is 0 Å². The third-order valence-corrected chi connectivity index (χ3v) is 8.97. The van der Waals surface area contributed by atoms with Gasteiger partial charge in [0.2, 0.25) is 0 Å². The summed E-state index contributed by atoms with van der Waals surface area (Å²) in [6.07, 6.45) is 9.01. The number of carbonyl (C=O) groups excluding carboxylic acids is 1. The van der Waals surface area contributed by atoms with Crippen LogP contribution in [0, 0.1) is 40.4 Å². The Balaban J connectivity index is 1.56. The van der Waals surface area contributed by atoms with Crippen LogP contribution in [0.15, 0.2) is 5.16 Å². The average Bonchev–Trinajstić information content (AvgIpc) is 2.92. The van der Waals surface area contributed by atoms with E-state index in [1.165, 1.54) is 25.0 Å². The molecule has 0 aromatic rings. The first kappa shape index (κ1) is 18.5. The molecule has 0 amide bonds. The summed E-state index contributed by atoms with van der Waals surface area (Å²) >= 11 is 0. The number of Topliss-reactive ketones (excluding diaryl/α,β-unsaturated/α-hetero) is 1. The number of carbonyl (C=O) groups is 1. The van der Waals surface area contributed by atoms with Gasteiger partial charge in [0.05, 0.1) is 5.71 Å². The maximum Gasteiger partial charge on any atom is 0.139 e. The quantitative estimate of drug-likeness (QED) is 0.607. The lowest BCUT2D eigenvalue weighted by molar-refractivity contribution is -0.143. The molecule has 26 heavy (non-hydrogen) atoms. The molecule has 4 saturated carbocycles. The molecular weight excluding hydrogens is 324 g/mol. The largest absolute Gasteiger partial charge is 0.395 e.